The maximum absolute atomic E-state index is 13.3. The van der Waals surface area contributed by atoms with Crippen molar-refractivity contribution in [3.63, 3.8) is 0 Å². The number of carboxylic acids is 1. The Labute approximate surface area is 124 Å². The van der Waals surface area contributed by atoms with Crippen LogP contribution in [0.4, 0.5) is 20.2 Å². The molecule has 0 saturated heterocycles. The minimum absolute atomic E-state index is 0.173. The molecule has 0 spiro atoms. The normalized spacial score (nSPS) is 10.6. The van der Waals surface area contributed by atoms with Gasteiger partial charge in [-0.1, -0.05) is 24.3 Å². The summed E-state index contributed by atoms with van der Waals surface area (Å²) in [5.74, 6) is -2.40. The molecule has 0 amide bonds. The Balaban J connectivity index is 2.12. The third-order valence-electron chi connectivity index (χ3n) is 3.30. The van der Waals surface area contributed by atoms with Crippen molar-refractivity contribution in [1.29, 1.82) is 0 Å². The van der Waals surface area contributed by atoms with E-state index < -0.39 is 17.6 Å². The molecule has 3 rings (SSSR count). The van der Waals surface area contributed by atoms with Crippen LogP contribution in [0.2, 0.25) is 0 Å². The highest BCUT2D eigenvalue weighted by atomic mass is 19.1. The van der Waals surface area contributed by atoms with E-state index in [0.29, 0.717) is 16.5 Å². The molecule has 0 aliphatic carbocycles. The van der Waals surface area contributed by atoms with E-state index in [1.165, 1.54) is 18.2 Å². The zero-order valence-electron chi connectivity index (χ0n) is 11.3. The lowest BCUT2D eigenvalue weighted by molar-refractivity contribution is 0.0699. The molecule has 3 aromatic rings. The van der Waals surface area contributed by atoms with E-state index in [0.717, 1.165) is 6.07 Å². The van der Waals surface area contributed by atoms with E-state index in [1.54, 1.807) is 30.3 Å². The SMILES string of the molecule is O=C(O)c1ccc(Nc2cc(F)cc(F)c2)c2ccccc12. The minimum Gasteiger partial charge on any atom is -0.478 e. The van der Waals surface area contributed by atoms with Gasteiger partial charge in [-0.25, -0.2) is 13.6 Å². The molecule has 0 unspecified atom stereocenters. The zero-order chi connectivity index (χ0) is 15.7. The summed E-state index contributed by atoms with van der Waals surface area (Å²) in [5, 5.41) is 13.4. The van der Waals surface area contributed by atoms with Crippen molar-refractivity contribution in [1.82, 2.24) is 0 Å². The number of benzene rings is 3. The lowest BCUT2D eigenvalue weighted by atomic mass is 10.0. The highest BCUT2D eigenvalue weighted by molar-refractivity contribution is 6.08. The lowest BCUT2D eigenvalue weighted by Gasteiger charge is -2.12. The summed E-state index contributed by atoms with van der Waals surface area (Å²) in [6, 6.07) is 13.1. The number of aromatic carboxylic acids is 1. The van der Waals surface area contributed by atoms with Gasteiger partial charge in [-0.3, -0.25) is 0 Å². The average molecular weight is 299 g/mol. The van der Waals surface area contributed by atoms with Crippen LogP contribution in [0.5, 0.6) is 0 Å². The average Bonchev–Trinajstić information content (AvgIpc) is 2.46. The molecule has 0 radical (unpaired) electrons. The van der Waals surface area contributed by atoms with E-state index in [1.807, 2.05) is 0 Å². The van der Waals surface area contributed by atoms with Gasteiger partial charge in [0, 0.05) is 22.8 Å². The predicted octanol–water partition coefficient (Wildman–Crippen LogP) is 4.56. The Morgan fingerprint density at radius 1 is 0.909 bits per heavy atom. The quantitative estimate of drug-likeness (QED) is 0.745. The van der Waals surface area contributed by atoms with Gasteiger partial charge in [0.1, 0.15) is 11.6 Å². The summed E-state index contributed by atoms with van der Waals surface area (Å²) in [4.78, 5) is 11.3. The van der Waals surface area contributed by atoms with Gasteiger partial charge in [-0.15, -0.1) is 0 Å². The van der Waals surface area contributed by atoms with E-state index in [2.05, 4.69) is 5.32 Å². The maximum Gasteiger partial charge on any atom is 0.336 e. The minimum atomic E-state index is -1.03. The van der Waals surface area contributed by atoms with Gasteiger partial charge in [0.15, 0.2) is 0 Å². The van der Waals surface area contributed by atoms with Crippen LogP contribution in [-0.2, 0) is 0 Å². The van der Waals surface area contributed by atoms with Crippen molar-refractivity contribution in [3.05, 3.63) is 71.8 Å². The number of anilines is 2. The summed E-state index contributed by atoms with van der Waals surface area (Å²) in [5.41, 5.74) is 1.00. The number of halogens is 2. The van der Waals surface area contributed by atoms with Crippen LogP contribution in [0.3, 0.4) is 0 Å². The fraction of sp³-hybridized carbons (Fsp3) is 0. The molecule has 0 aliphatic heterocycles. The second-order valence-corrected chi connectivity index (χ2v) is 4.79. The monoisotopic (exact) mass is 299 g/mol. The van der Waals surface area contributed by atoms with Crippen LogP contribution in [0, 0.1) is 11.6 Å². The molecular formula is C17H11F2NO2. The van der Waals surface area contributed by atoms with Crippen molar-refractivity contribution >= 4 is 28.1 Å². The van der Waals surface area contributed by atoms with Gasteiger partial charge >= 0.3 is 5.97 Å². The Morgan fingerprint density at radius 3 is 2.18 bits per heavy atom. The van der Waals surface area contributed by atoms with Gasteiger partial charge in [0.2, 0.25) is 0 Å². The highest BCUT2D eigenvalue weighted by Crippen LogP contribution is 2.29. The first-order valence-electron chi connectivity index (χ1n) is 6.53. The molecule has 0 heterocycles. The molecule has 5 heteroatoms. The van der Waals surface area contributed by atoms with Crippen molar-refractivity contribution < 1.29 is 18.7 Å². The molecular weight excluding hydrogens is 288 g/mol. The predicted molar refractivity (Wildman–Crippen MR) is 80.5 cm³/mol. The first-order chi connectivity index (χ1) is 10.5. The molecule has 0 saturated carbocycles. The number of hydrogen-bond acceptors (Lipinski definition) is 2. The third kappa shape index (κ3) is 2.61. The van der Waals surface area contributed by atoms with Crippen molar-refractivity contribution in [2.45, 2.75) is 0 Å². The topological polar surface area (TPSA) is 49.3 Å². The Morgan fingerprint density at radius 2 is 1.55 bits per heavy atom. The molecule has 0 bridgehead atoms. The van der Waals surface area contributed by atoms with Gasteiger partial charge in [0.25, 0.3) is 0 Å². The summed E-state index contributed by atoms with van der Waals surface area (Å²) in [7, 11) is 0. The molecule has 0 fully saturated rings. The second-order valence-electron chi connectivity index (χ2n) is 4.79. The zero-order valence-corrected chi connectivity index (χ0v) is 11.3. The Hall–Kier alpha value is -2.95. The number of carboxylic acid groups (broad SMARTS) is 1. The van der Waals surface area contributed by atoms with E-state index in [9.17, 15) is 18.7 Å². The van der Waals surface area contributed by atoms with E-state index in [4.69, 9.17) is 0 Å². The molecule has 0 atom stereocenters. The number of hydrogen-bond donors (Lipinski definition) is 2. The van der Waals surface area contributed by atoms with Crippen molar-refractivity contribution in [3.8, 4) is 0 Å². The number of nitrogens with one attached hydrogen (secondary N) is 1. The fourth-order valence-corrected chi connectivity index (χ4v) is 2.38. The first-order valence-corrected chi connectivity index (χ1v) is 6.53. The summed E-state index contributed by atoms with van der Waals surface area (Å²) in [6.45, 7) is 0. The lowest BCUT2D eigenvalue weighted by Crippen LogP contribution is -2.00. The Bertz CT molecular complexity index is 857. The molecule has 3 aromatic carbocycles. The molecule has 2 N–H and O–H groups in total. The fourth-order valence-electron chi connectivity index (χ4n) is 2.38. The Kier molecular flexibility index (Phi) is 3.47. The van der Waals surface area contributed by atoms with Gasteiger partial charge < -0.3 is 10.4 Å². The van der Waals surface area contributed by atoms with Crippen LogP contribution < -0.4 is 5.32 Å². The number of rotatable bonds is 3. The molecule has 22 heavy (non-hydrogen) atoms. The van der Waals surface area contributed by atoms with E-state index >= 15 is 0 Å². The van der Waals surface area contributed by atoms with Gasteiger partial charge in [0.05, 0.1) is 5.56 Å². The van der Waals surface area contributed by atoms with Crippen molar-refractivity contribution in [2.24, 2.45) is 0 Å². The first kappa shape index (κ1) is 14.0. The van der Waals surface area contributed by atoms with Gasteiger partial charge in [-0.2, -0.15) is 0 Å². The highest BCUT2D eigenvalue weighted by Gasteiger charge is 2.11. The second kappa shape index (κ2) is 5.44. The third-order valence-corrected chi connectivity index (χ3v) is 3.30. The number of carbonyl (C=O) groups is 1. The smallest absolute Gasteiger partial charge is 0.336 e. The van der Waals surface area contributed by atoms with E-state index in [-0.39, 0.29) is 11.3 Å². The summed E-state index contributed by atoms with van der Waals surface area (Å²) in [6.07, 6.45) is 0. The molecule has 3 nitrogen and oxygen atoms in total. The number of fused-ring (bicyclic) bond motifs is 1. The van der Waals surface area contributed by atoms with Crippen LogP contribution in [0.25, 0.3) is 10.8 Å². The van der Waals surface area contributed by atoms with Gasteiger partial charge in [-0.05, 0) is 29.7 Å². The molecule has 0 aromatic heterocycles. The summed E-state index contributed by atoms with van der Waals surface area (Å²) < 4.78 is 26.5. The van der Waals surface area contributed by atoms with Crippen LogP contribution in [-0.4, -0.2) is 11.1 Å². The largest absolute Gasteiger partial charge is 0.478 e. The van der Waals surface area contributed by atoms with Crippen LogP contribution in [0.15, 0.2) is 54.6 Å². The van der Waals surface area contributed by atoms with Crippen LogP contribution in [0.1, 0.15) is 10.4 Å². The molecule has 110 valence electrons. The standard InChI is InChI=1S/C17H11F2NO2/c18-10-7-11(19)9-12(8-10)20-16-6-5-15(17(21)22)13-3-1-2-4-14(13)16/h1-9,20H,(H,21,22). The summed E-state index contributed by atoms with van der Waals surface area (Å²) >= 11 is 0. The van der Waals surface area contributed by atoms with Crippen LogP contribution >= 0.6 is 0 Å². The molecule has 0 aliphatic rings. The maximum atomic E-state index is 13.3. The van der Waals surface area contributed by atoms with Crippen molar-refractivity contribution in [2.75, 3.05) is 5.32 Å².